The molecule has 12 heteroatoms. The molecular formula is C31H38F2N6O4. The van der Waals surface area contributed by atoms with Gasteiger partial charge in [0.15, 0.2) is 0 Å². The molecule has 10 nitrogen and oxygen atoms in total. The number of likely N-dealkylation sites (N-methyl/N-ethyl adjacent to an activating group) is 1. The van der Waals surface area contributed by atoms with Gasteiger partial charge in [-0.15, -0.1) is 0 Å². The fourth-order valence-electron chi connectivity index (χ4n) is 5.44. The van der Waals surface area contributed by atoms with Crippen molar-refractivity contribution in [2.24, 2.45) is 0 Å². The number of halogens is 2. The zero-order valence-corrected chi connectivity index (χ0v) is 25.0. The third kappa shape index (κ3) is 7.30. The molecule has 230 valence electrons. The van der Waals surface area contributed by atoms with E-state index in [9.17, 15) is 18.4 Å². The molecule has 3 aromatic rings. The number of rotatable bonds is 7. The third-order valence-corrected chi connectivity index (χ3v) is 7.49. The van der Waals surface area contributed by atoms with Crippen LogP contribution in [0.2, 0.25) is 0 Å². The summed E-state index contributed by atoms with van der Waals surface area (Å²) in [4.78, 5) is 40.8. The summed E-state index contributed by atoms with van der Waals surface area (Å²) in [5, 5.41) is 2.88. The van der Waals surface area contributed by atoms with Gasteiger partial charge in [-0.05, 0) is 57.9 Å². The third-order valence-electron chi connectivity index (χ3n) is 7.49. The van der Waals surface area contributed by atoms with E-state index in [0.29, 0.717) is 67.4 Å². The number of hydrogen-bond acceptors (Lipinski definition) is 8. The van der Waals surface area contributed by atoms with E-state index in [4.69, 9.17) is 19.4 Å². The van der Waals surface area contributed by atoms with Crippen molar-refractivity contribution < 1.29 is 27.8 Å². The zero-order valence-electron chi connectivity index (χ0n) is 25.0. The average Bonchev–Trinajstić information content (AvgIpc) is 3.45. The minimum Gasteiger partial charge on any atom is -0.444 e. The van der Waals surface area contributed by atoms with Crippen LogP contribution in [0.15, 0.2) is 36.5 Å². The SMILES string of the molecule is CN(CCNC(=O)c1cc(C2CCCN2c2cc(F)cc(F)c2)c2nc(N3CCOCC3)cnc2c1)C(=O)OC(C)(C)C. The minimum absolute atomic E-state index is 0.210. The Hall–Kier alpha value is -4.06. The molecule has 2 aliphatic rings. The minimum atomic E-state index is -0.649. The summed E-state index contributed by atoms with van der Waals surface area (Å²) < 4.78 is 39.3. The monoisotopic (exact) mass is 596 g/mol. The van der Waals surface area contributed by atoms with Crippen LogP contribution >= 0.6 is 0 Å². The van der Waals surface area contributed by atoms with Crippen molar-refractivity contribution in [2.45, 2.75) is 45.3 Å². The molecule has 0 bridgehead atoms. The molecule has 2 amide bonds. The number of carbonyl (C=O) groups excluding carboxylic acids is 2. The molecule has 5 rings (SSSR count). The number of anilines is 2. The molecule has 1 aromatic heterocycles. The highest BCUT2D eigenvalue weighted by molar-refractivity contribution is 5.98. The molecule has 0 saturated carbocycles. The lowest BCUT2D eigenvalue weighted by Crippen LogP contribution is -2.39. The Balaban J connectivity index is 1.45. The Bertz CT molecular complexity index is 1470. The van der Waals surface area contributed by atoms with E-state index in [1.165, 1.54) is 17.0 Å². The maximum Gasteiger partial charge on any atom is 0.410 e. The van der Waals surface area contributed by atoms with Crippen LogP contribution in [0.5, 0.6) is 0 Å². The standard InChI is InChI=1S/C31H38F2N6O4/c1-31(2,3)43-30(41)37(4)9-7-34-29(40)20-14-24(26-6-5-8-39(26)23-17-21(32)16-22(33)18-23)28-25(15-20)35-19-27(36-28)38-10-12-42-13-11-38/h14-19,26H,5-13H2,1-4H3,(H,34,40). The predicted octanol–water partition coefficient (Wildman–Crippen LogP) is 4.68. The van der Waals surface area contributed by atoms with Gasteiger partial charge in [0, 0.05) is 62.7 Å². The molecule has 2 aromatic carbocycles. The van der Waals surface area contributed by atoms with Gasteiger partial charge in [0.1, 0.15) is 23.1 Å². The van der Waals surface area contributed by atoms with E-state index >= 15 is 0 Å². The van der Waals surface area contributed by atoms with Crippen LogP contribution in [0.1, 0.15) is 55.6 Å². The highest BCUT2D eigenvalue weighted by atomic mass is 19.1. The van der Waals surface area contributed by atoms with Crippen molar-refractivity contribution in [3.8, 4) is 0 Å². The number of ether oxygens (including phenoxy) is 2. The van der Waals surface area contributed by atoms with Crippen molar-refractivity contribution >= 4 is 34.5 Å². The number of nitrogens with one attached hydrogen (secondary N) is 1. The van der Waals surface area contributed by atoms with Gasteiger partial charge in [0.2, 0.25) is 0 Å². The van der Waals surface area contributed by atoms with Crippen LogP contribution in [0, 0.1) is 11.6 Å². The van der Waals surface area contributed by atoms with Gasteiger partial charge in [-0.1, -0.05) is 0 Å². The van der Waals surface area contributed by atoms with Crippen LogP contribution < -0.4 is 15.1 Å². The first-order valence-electron chi connectivity index (χ1n) is 14.6. The molecule has 1 N–H and O–H groups in total. The van der Waals surface area contributed by atoms with Crippen LogP contribution in [0.3, 0.4) is 0 Å². The van der Waals surface area contributed by atoms with E-state index in [0.717, 1.165) is 18.1 Å². The topological polar surface area (TPSA) is 100 Å². The van der Waals surface area contributed by atoms with Crippen LogP contribution in [-0.4, -0.2) is 85.5 Å². The first-order valence-corrected chi connectivity index (χ1v) is 14.6. The number of fused-ring (bicyclic) bond motifs is 1. The van der Waals surface area contributed by atoms with Gasteiger partial charge in [-0.25, -0.2) is 18.6 Å². The number of carbonyl (C=O) groups is 2. The lowest BCUT2D eigenvalue weighted by molar-refractivity contribution is 0.0299. The van der Waals surface area contributed by atoms with Gasteiger partial charge < -0.3 is 29.5 Å². The van der Waals surface area contributed by atoms with E-state index in [2.05, 4.69) is 10.2 Å². The summed E-state index contributed by atoms with van der Waals surface area (Å²) in [5.41, 5.74) is 2.14. The lowest BCUT2D eigenvalue weighted by Gasteiger charge is -2.30. The fourth-order valence-corrected chi connectivity index (χ4v) is 5.44. The van der Waals surface area contributed by atoms with Gasteiger partial charge >= 0.3 is 6.09 Å². The molecule has 0 aliphatic carbocycles. The highest BCUT2D eigenvalue weighted by Crippen LogP contribution is 2.39. The quantitative estimate of drug-likeness (QED) is 0.420. The molecule has 0 spiro atoms. The normalized spacial score (nSPS) is 17.3. The molecule has 3 heterocycles. The van der Waals surface area contributed by atoms with Crippen molar-refractivity contribution in [3.63, 3.8) is 0 Å². The van der Waals surface area contributed by atoms with Crippen molar-refractivity contribution in [3.05, 3.63) is 59.3 Å². The van der Waals surface area contributed by atoms with E-state index in [-0.39, 0.29) is 25.0 Å². The summed E-state index contributed by atoms with van der Waals surface area (Å²) in [6, 6.07) is 6.73. The summed E-state index contributed by atoms with van der Waals surface area (Å²) in [6.07, 6.45) is 2.73. The van der Waals surface area contributed by atoms with E-state index in [1.807, 2.05) is 4.90 Å². The number of morpholine rings is 1. The van der Waals surface area contributed by atoms with Gasteiger partial charge in [0.25, 0.3) is 5.91 Å². The van der Waals surface area contributed by atoms with E-state index < -0.39 is 23.3 Å². The number of amides is 2. The van der Waals surface area contributed by atoms with Crippen molar-refractivity contribution in [1.29, 1.82) is 0 Å². The Morgan fingerprint density at radius 2 is 1.81 bits per heavy atom. The summed E-state index contributed by atoms with van der Waals surface area (Å²) >= 11 is 0. The van der Waals surface area contributed by atoms with Crippen molar-refractivity contribution in [1.82, 2.24) is 20.2 Å². The Morgan fingerprint density at radius 1 is 1.09 bits per heavy atom. The molecule has 1 atom stereocenters. The zero-order chi connectivity index (χ0) is 30.7. The average molecular weight is 597 g/mol. The van der Waals surface area contributed by atoms with Crippen LogP contribution in [-0.2, 0) is 9.47 Å². The van der Waals surface area contributed by atoms with Gasteiger partial charge in [-0.2, -0.15) is 0 Å². The molecule has 2 fully saturated rings. The van der Waals surface area contributed by atoms with Gasteiger partial charge in [-0.3, -0.25) is 9.78 Å². The summed E-state index contributed by atoms with van der Waals surface area (Å²) in [7, 11) is 1.61. The highest BCUT2D eigenvalue weighted by Gasteiger charge is 2.30. The van der Waals surface area contributed by atoms with Crippen molar-refractivity contribution in [2.75, 3.05) is 62.8 Å². The molecule has 2 aliphatic heterocycles. The van der Waals surface area contributed by atoms with Crippen LogP contribution in [0.4, 0.5) is 25.1 Å². The fraction of sp³-hybridized carbons (Fsp3) is 0.484. The summed E-state index contributed by atoms with van der Waals surface area (Å²) in [5.74, 6) is -0.921. The Labute approximate surface area is 250 Å². The van der Waals surface area contributed by atoms with E-state index in [1.54, 1.807) is 46.1 Å². The number of benzene rings is 2. The molecule has 1 unspecified atom stereocenters. The predicted molar refractivity (Wildman–Crippen MR) is 159 cm³/mol. The lowest BCUT2D eigenvalue weighted by atomic mass is 9.98. The molecule has 2 saturated heterocycles. The first-order chi connectivity index (χ1) is 20.5. The van der Waals surface area contributed by atoms with Crippen LogP contribution in [0.25, 0.3) is 11.0 Å². The maximum absolute atomic E-state index is 14.2. The number of aromatic nitrogens is 2. The molecule has 43 heavy (non-hydrogen) atoms. The second-order valence-electron chi connectivity index (χ2n) is 11.9. The second-order valence-corrected chi connectivity index (χ2v) is 11.9. The molecular weight excluding hydrogens is 558 g/mol. The largest absolute Gasteiger partial charge is 0.444 e. The maximum atomic E-state index is 14.2. The number of hydrogen-bond donors (Lipinski definition) is 1. The Kier molecular flexibility index (Phi) is 8.95. The first kappa shape index (κ1) is 30.4. The number of nitrogens with zero attached hydrogens (tertiary/aromatic N) is 5. The summed E-state index contributed by atoms with van der Waals surface area (Å²) in [6.45, 7) is 9.00. The van der Waals surface area contributed by atoms with Gasteiger partial charge in [0.05, 0.1) is 36.5 Å². The smallest absolute Gasteiger partial charge is 0.410 e. The second kappa shape index (κ2) is 12.7. The Morgan fingerprint density at radius 3 is 2.51 bits per heavy atom. The molecule has 0 radical (unpaired) electrons.